The maximum absolute atomic E-state index is 10.1. The maximum Gasteiger partial charge on any atom is 0.132 e. The molecule has 120 valence electrons. The van der Waals surface area contributed by atoms with Crippen molar-refractivity contribution >= 4 is 11.6 Å². The summed E-state index contributed by atoms with van der Waals surface area (Å²) in [5.74, 6) is 2.42. The van der Waals surface area contributed by atoms with Crippen LogP contribution in [0.2, 0.25) is 0 Å². The van der Waals surface area contributed by atoms with Gasteiger partial charge < -0.3 is 15.7 Å². The van der Waals surface area contributed by atoms with Gasteiger partial charge >= 0.3 is 0 Å². The molecule has 0 radical (unpaired) electrons. The average Bonchev–Trinajstić information content (AvgIpc) is 2.41. The van der Waals surface area contributed by atoms with Gasteiger partial charge in [-0.15, -0.1) is 0 Å². The van der Waals surface area contributed by atoms with Crippen molar-refractivity contribution in [3.8, 4) is 0 Å². The molecule has 0 saturated carbocycles. The summed E-state index contributed by atoms with van der Waals surface area (Å²) in [6, 6.07) is 1.90. The summed E-state index contributed by atoms with van der Waals surface area (Å²) in [4.78, 5) is 8.91. The molecule has 0 aliphatic carbocycles. The van der Waals surface area contributed by atoms with Crippen LogP contribution in [0.4, 0.5) is 11.6 Å². The number of hydrogen-bond acceptors (Lipinski definition) is 5. The van der Waals surface area contributed by atoms with E-state index in [1.54, 1.807) is 0 Å². The van der Waals surface area contributed by atoms with Gasteiger partial charge in [0.15, 0.2) is 0 Å². The average molecular weight is 294 g/mol. The zero-order valence-corrected chi connectivity index (χ0v) is 14.0. The lowest BCUT2D eigenvalue weighted by Gasteiger charge is -2.22. The van der Waals surface area contributed by atoms with Gasteiger partial charge in [0.1, 0.15) is 17.5 Å². The van der Waals surface area contributed by atoms with Crippen LogP contribution in [0.25, 0.3) is 0 Å². The molecule has 0 amide bonds. The minimum Gasteiger partial charge on any atom is -0.391 e. The number of aliphatic hydroxyl groups excluding tert-OH is 1. The van der Waals surface area contributed by atoms with Crippen molar-refractivity contribution < 1.29 is 5.11 Å². The van der Waals surface area contributed by atoms with Crippen molar-refractivity contribution in [2.45, 2.75) is 60.0 Å². The molecule has 1 rings (SSSR count). The molecule has 0 bridgehead atoms. The van der Waals surface area contributed by atoms with E-state index in [0.717, 1.165) is 43.3 Å². The van der Waals surface area contributed by atoms with Gasteiger partial charge in [-0.2, -0.15) is 0 Å². The summed E-state index contributed by atoms with van der Waals surface area (Å²) < 4.78 is 0. The Labute approximate surface area is 128 Å². The summed E-state index contributed by atoms with van der Waals surface area (Å²) in [5.41, 5.74) is 0.120. The number of hydrogen-bond donors (Lipinski definition) is 3. The third-order valence-electron chi connectivity index (χ3n) is 3.01. The lowest BCUT2D eigenvalue weighted by atomic mass is 9.89. The maximum atomic E-state index is 10.1. The van der Waals surface area contributed by atoms with E-state index in [1.165, 1.54) is 0 Å². The second kappa shape index (κ2) is 8.17. The lowest BCUT2D eigenvalue weighted by Crippen LogP contribution is -2.25. The molecule has 5 nitrogen and oxygen atoms in total. The van der Waals surface area contributed by atoms with E-state index in [0.29, 0.717) is 6.54 Å². The van der Waals surface area contributed by atoms with Crippen LogP contribution in [0.5, 0.6) is 0 Å². The van der Waals surface area contributed by atoms with Crippen LogP contribution >= 0.6 is 0 Å². The Morgan fingerprint density at radius 2 is 1.76 bits per heavy atom. The largest absolute Gasteiger partial charge is 0.391 e. The van der Waals surface area contributed by atoms with Crippen LogP contribution in [-0.2, 0) is 6.42 Å². The number of rotatable bonds is 8. The molecular formula is C16H30N4O. The van der Waals surface area contributed by atoms with E-state index in [9.17, 15) is 5.11 Å². The van der Waals surface area contributed by atoms with E-state index in [4.69, 9.17) is 0 Å². The summed E-state index contributed by atoms with van der Waals surface area (Å²) >= 11 is 0. The molecule has 1 aromatic rings. The van der Waals surface area contributed by atoms with Crippen molar-refractivity contribution in [1.82, 2.24) is 9.97 Å². The normalized spacial score (nSPS) is 13.0. The van der Waals surface area contributed by atoms with Gasteiger partial charge in [0.05, 0.1) is 6.10 Å². The van der Waals surface area contributed by atoms with E-state index in [2.05, 4.69) is 48.3 Å². The first-order valence-electron chi connectivity index (χ1n) is 7.87. The quantitative estimate of drug-likeness (QED) is 0.687. The van der Waals surface area contributed by atoms with Crippen LogP contribution in [0.15, 0.2) is 6.07 Å². The monoisotopic (exact) mass is 294 g/mol. The van der Waals surface area contributed by atoms with Crippen molar-refractivity contribution in [3.05, 3.63) is 11.9 Å². The van der Waals surface area contributed by atoms with E-state index >= 15 is 0 Å². The Morgan fingerprint density at radius 1 is 1.14 bits per heavy atom. The van der Waals surface area contributed by atoms with Gasteiger partial charge in [-0.3, -0.25) is 0 Å². The van der Waals surface area contributed by atoms with Gasteiger partial charge in [-0.05, 0) is 18.3 Å². The first kappa shape index (κ1) is 17.7. The zero-order chi connectivity index (χ0) is 15.9. The first-order chi connectivity index (χ1) is 9.84. The zero-order valence-electron chi connectivity index (χ0n) is 14.0. The Hall–Kier alpha value is -1.36. The molecule has 0 aliphatic heterocycles. The van der Waals surface area contributed by atoms with Crippen LogP contribution < -0.4 is 10.6 Å². The summed E-state index contributed by atoms with van der Waals surface area (Å²) in [6.45, 7) is 11.9. The van der Waals surface area contributed by atoms with Gasteiger partial charge in [-0.1, -0.05) is 34.6 Å². The van der Waals surface area contributed by atoms with E-state index in [1.807, 2.05) is 13.0 Å². The third kappa shape index (κ3) is 7.27. The highest BCUT2D eigenvalue weighted by Gasteiger charge is 2.16. The number of nitrogens with zero attached hydrogens (tertiary/aromatic N) is 2. The van der Waals surface area contributed by atoms with Crippen molar-refractivity contribution in [1.29, 1.82) is 0 Å². The van der Waals surface area contributed by atoms with Crippen LogP contribution in [0.3, 0.4) is 0 Å². The van der Waals surface area contributed by atoms with Crippen molar-refractivity contribution in [3.63, 3.8) is 0 Å². The Kier molecular flexibility index (Phi) is 6.89. The summed E-state index contributed by atoms with van der Waals surface area (Å²) in [5, 5.41) is 16.6. The minimum atomic E-state index is -0.378. The molecule has 5 heteroatoms. The Morgan fingerprint density at radius 3 is 2.29 bits per heavy atom. The van der Waals surface area contributed by atoms with E-state index in [-0.39, 0.29) is 11.5 Å². The number of aryl methyl sites for hydroxylation is 1. The molecule has 0 saturated heterocycles. The second-order valence-electron chi connectivity index (χ2n) is 6.63. The highest BCUT2D eigenvalue weighted by Crippen LogP contribution is 2.21. The van der Waals surface area contributed by atoms with Crippen molar-refractivity contribution in [2.24, 2.45) is 5.41 Å². The molecule has 0 aliphatic rings. The van der Waals surface area contributed by atoms with E-state index < -0.39 is 0 Å². The fraction of sp³-hybridized carbons (Fsp3) is 0.750. The highest BCUT2D eigenvalue weighted by molar-refractivity contribution is 5.47. The molecule has 1 unspecified atom stereocenters. The molecule has 21 heavy (non-hydrogen) atoms. The highest BCUT2D eigenvalue weighted by atomic mass is 16.3. The SMILES string of the molecule is CCCNc1cc(NCC(O)CC(C)(C)C)nc(CC)n1. The Balaban J connectivity index is 2.64. The Bertz CT molecular complexity index is 429. The topological polar surface area (TPSA) is 70.1 Å². The van der Waals surface area contributed by atoms with Crippen LogP contribution in [-0.4, -0.2) is 34.3 Å². The number of anilines is 2. The van der Waals surface area contributed by atoms with Gasteiger partial charge in [0, 0.05) is 25.6 Å². The summed E-state index contributed by atoms with van der Waals surface area (Å²) in [6.07, 6.45) is 2.23. The van der Waals surface area contributed by atoms with Crippen LogP contribution in [0.1, 0.15) is 53.3 Å². The fourth-order valence-electron chi connectivity index (χ4n) is 2.09. The van der Waals surface area contributed by atoms with Gasteiger partial charge in [0.2, 0.25) is 0 Å². The predicted octanol–water partition coefficient (Wildman–Crippen LogP) is 3.07. The number of aliphatic hydroxyl groups is 1. The molecule has 0 fully saturated rings. The van der Waals surface area contributed by atoms with Gasteiger partial charge in [0.25, 0.3) is 0 Å². The standard InChI is InChI=1S/C16H30N4O/c1-6-8-17-14-9-15(20-13(7-2)19-14)18-11-12(21)10-16(3,4)5/h9,12,21H,6-8,10-11H2,1-5H3,(H2,17,18,19,20). The third-order valence-corrected chi connectivity index (χ3v) is 3.01. The number of nitrogens with one attached hydrogen (secondary N) is 2. The van der Waals surface area contributed by atoms with Crippen molar-refractivity contribution in [2.75, 3.05) is 23.7 Å². The molecule has 1 heterocycles. The predicted molar refractivity (Wildman–Crippen MR) is 88.8 cm³/mol. The summed E-state index contributed by atoms with van der Waals surface area (Å²) in [7, 11) is 0. The first-order valence-corrected chi connectivity index (χ1v) is 7.87. The fourth-order valence-corrected chi connectivity index (χ4v) is 2.09. The molecule has 0 aromatic carbocycles. The molecule has 1 atom stereocenters. The minimum absolute atomic E-state index is 0.120. The molecule has 3 N–H and O–H groups in total. The van der Waals surface area contributed by atoms with Gasteiger partial charge in [-0.25, -0.2) is 9.97 Å². The molecule has 0 spiro atoms. The van der Waals surface area contributed by atoms with Crippen LogP contribution in [0, 0.1) is 5.41 Å². The molecule has 1 aromatic heterocycles. The smallest absolute Gasteiger partial charge is 0.132 e. The molecular weight excluding hydrogens is 264 g/mol. The number of aromatic nitrogens is 2. The lowest BCUT2D eigenvalue weighted by molar-refractivity contribution is 0.132. The second-order valence-corrected chi connectivity index (χ2v) is 6.63.